The van der Waals surface area contributed by atoms with Gasteiger partial charge in [-0.3, -0.25) is 4.79 Å². The normalized spacial score (nSPS) is 12.5. The second-order valence-corrected chi connectivity index (χ2v) is 8.26. The molecule has 0 bridgehead atoms. The van der Waals surface area contributed by atoms with Crippen LogP contribution in [0.3, 0.4) is 0 Å². The highest BCUT2D eigenvalue weighted by Gasteiger charge is 2.20. The molecule has 1 aliphatic heterocycles. The molecule has 7 nitrogen and oxygen atoms in total. The molecule has 7 heteroatoms. The zero-order valence-electron chi connectivity index (χ0n) is 18.9. The van der Waals surface area contributed by atoms with Crippen LogP contribution in [0.25, 0.3) is 11.1 Å². The van der Waals surface area contributed by atoms with Crippen LogP contribution in [0.2, 0.25) is 0 Å². The number of hydrogen-bond acceptors (Lipinski definition) is 5. The molecule has 0 aliphatic carbocycles. The Morgan fingerprint density at radius 2 is 1.80 bits per heavy atom. The van der Waals surface area contributed by atoms with Gasteiger partial charge in [0.05, 0.1) is 30.6 Å². The predicted octanol–water partition coefficient (Wildman–Crippen LogP) is 4.97. The fourth-order valence-corrected chi connectivity index (χ4v) is 4.20. The first kappa shape index (κ1) is 22.3. The van der Waals surface area contributed by atoms with Gasteiger partial charge in [-0.2, -0.15) is 0 Å². The molecule has 2 N–H and O–H groups in total. The van der Waals surface area contributed by atoms with E-state index in [1.807, 2.05) is 48.5 Å². The smallest absolute Gasteiger partial charge is 0.336 e. The van der Waals surface area contributed by atoms with Crippen LogP contribution in [0.4, 0.5) is 5.69 Å². The van der Waals surface area contributed by atoms with E-state index in [0.29, 0.717) is 42.3 Å². The average molecular weight is 469 g/mol. The minimum absolute atomic E-state index is 0.192. The summed E-state index contributed by atoms with van der Waals surface area (Å²) in [5.74, 6) is 0.232. The number of carboxylic acid groups (broad SMARTS) is 1. The minimum Gasteiger partial charge on any atom is -0.490 e. The molecular formula is C28H24N2O5. The number of nitrogens with zero attached hydrogens (tertiary/aromatic N) is 1. The van der Waals surface area contributed by atoms with Crippen LogP contribution in [0.1, 0.15) is 32.0 Å². The van der Waals surface area contributed by atoms with Crippen LogP contribution in [-0.2, 0) is 13.1 Å². The highest BCUT2D eigenvalue weighted by molar-refractivity contribution is 5.96. The molecule has 1 amide bonds. The molecule has 3 aromatic carbocycles. The molecule has 0 saturated heterocycles. The lowest BCUT2D eigenvalue weighted by molar-refractivity contribution is 0.0697. The number of anilines is 1. The topological polar surface area (TPSA) is 92.0 Å². The highest BCUT2D eigenvalue weighted by Crippen LogP contribution is 2.34. The monoisotopic (exact) mass is 468 g/mol. The zero-order valence-corrected chi connectivity index (χ0v) is 18.9. The van der Waals surface area contributed by atoms with Gasteiger partial charge in [0.2, 0.25) is 0 Å². The maximum atomic E-state index is 12.6. The summed E-state index contributed by atoms with van der Waals surface area (Å²) in [6, 6.07) is 24.0. The van der Waals surface area contributed by atoms with Crippen molar-refractivity contribution in [1.29, 1.82) is 0 Å². The van der Waals surface area contributed by atoms with E-state index in [2.05, 4.69) is 10.2 Å². The van der Waals surface area contributed by atoms with E-state index in [1.165, 1.54) is 0 Å². The lowest BCUT2D eigenvalue weighted by Crippen LogP contribution is -2.32. The van der Waals surface area contributed by atoms with Crippen molar-refractivity contribution in [2.45, 2.75) is 13.1 Å². The summed E-state index contributed by atoms with van der Waals surface area (Å²) < 4.78 is 11.1. The van der Waals surface area contributed by atoms with Gasteiger partial charge in [-0.25, -0.2) is 4.79 Å². The van der Waals surface area contributed by atoms with Gasteiger partial charge >= 0.3 is 5.97 Å². The van der Waals surface area contributed by atoms with Crippen molar-refractivity contribution >= 4 is 17.6 Å². The Bertz CT molecular complexity index is 1350. The third kappa shape index (κ3) is 4.89. The summed E-state index contributed by atoms with van der Waals surface area (Å²) in [6.07, 6.45) is 1.57. The van der Waals surface area contributed by atoms with Crippen molar-refractivity contribution in [2.75, 3.05) is 18.1 Å². The largest absolute Gasteiger partial charge is 0.490 e. The Kier molecular flexibility index (Phi) is 6.22. The quantitative estimate of drug-likeness (QED) is 0.398. The van der Waals surface area contributed by atoms with Gasteiger partial charge in [0.1, 0.15) is 18.1 Å². The number of benzene rings is 3. The van der Waals surface area contributed by atoms with Gasteiger partial charge in [-0.05, 0) is 53.1 Å². The van der Waals surface area contributed by atoms with Gasteiger partial charge in [0, 0.05) is 12.1 Å². The van der Waals surface area contributed by atoms with E-state index in [0.717, 1.165) is 23.4 Å². The van der Waals surface area contributed by atoms with Gasteiger partial charge in [-0.1, -0.05) is 42.5 Å². The summed E-state index contributed by atoms with van der Waals surface area (Å²) in [5.41, 5.74) is 4.39. The van der Waals surface area contributed by atoms with E-state index in [9.17, 15) is 14.7 Å². The molecule has 0 radical (unpaired) electrons. The van der Waals surface area contributed by atoms with Gasteiger partial charge < -0.3 is 24.5 Å². The molecule has 2 heterocycles. The van der Waals surface area contributed by atoms with Crippen molar-refractivity contribution in [3.8, 4) is 16.9 Å². The number of furan rings is 1. The number of ether oxygens (including phenoxy) is 1. The number of fused-ring (bicyclic) bond motifs is 1. The first-order valence-electron chi connectivity index (χ1n) is 11.3. The number of nitrogens with one attached hydrogen (secondary N) is 1. The van der Waals surface area contributed by atoms with Crippen molar-refractivity contribution in [3.05, 3.63) is 108 Å². The Hall–Kier alpha value is -4.52. The maximum absolute atomic E-state index is 12.6. The lowest BCUT2D eigenvalue weighted by atomic mass is 9.98. The molecular weight excluding hydrogens is 444 g/mol. The molecule has 0 saturated carbocycles. The Labute approximate surface area is 202 Å². The number of carbonyl (C=O) groups excluding carboxylic acids is 1. The number of rotatable bonds is 7. The lowest BCUT2D eigenvalue weighted by Gasteiger charge is -2.31. The maximum Gasteiger partial charge on any atom is 0.336 e. The third-order valence-corrected chi connectivity index (χ3v) is 5.98. The molecule has 0 spiro atoms. The second kappa shape index (κ2) is 9.77. The second-order valence-electron chi connectivity index (χ2n) is 8.26. The zero-order chi connectivity index (χ0) is 24.2. The third-order valence-electron chi connectivity index (χ3n) is 5.98. The van der Waals surface area contributed by atoms with Crippen LogP contribution in [0.15, 0.2) is 89.5 Å². The Balaban J connectivity index is 1.29. The van der Waals surface area contributed by atoms with Crippen LogP contribution in [0.5, 0.6) is 5.75 Å². The number of carboxylic acids is 1. The van der Waals surface area contributed by atoms with Crippen molar-refractivity contribution < 1.29 is 23.8 Å². The SMILES string of the molecule is O=C(NCc1ccco1)c1ccc2c(c1)OCCN2Cc1ccc(-c2ccccc2C(=O)O)cc1. The van der Waals surface area contributed by atoms with E-state index < -0.39 is 5.97 Å². The number of carbonyl (C=O) groups is 2. The van der Waals surface area contributed by atoms with E-state index in [4.69, 9.17) is 9.15 Å². The fraction of sp³-hybridized carbons (Fsp3) is 0.143. The van der Waals surface area contributed by atoms with Gasteiger partial charge in [0.15, 0.2) is 0 Å². The first-order valence-corrected chi connectivity index (χ1v) is 11.3. The minimum atomic E-state index is -0.941. The Morgan fingerprint density at radius 1 is 0.971 bits per heavy atom. The van der Waals surface area contributed by atoms with Crippen molar-refractivity contribution in [2.24, 2.45) is 0 Å². The molecule has 0 unspecified atom stereocenters. The predicted molar refractivity (Wildman–Crippen MR) is 132 cm³/mol. The summed E-state index contributed by atoms with van der Waals surface area (Å²) in [4.78, 5) is 26.3. The molecule has 176 valence electrons. The number of amides is 1. The van der Waals surface area contributed by atoms with Crippen LogP contribution in [-0.4, -0.2) is 30.1 Å². The van der Waals surface area contributed by atoms with E-state index in [1.54, 1.807) is 36.6 Å². The number of hydrogen-bond donors (Lipinski definition) is 2. The van der Waals surface area contributed by atoms with Crippen LogP contribution in [0, 0.1) is 0 Å². The van der Waals surface area contributed by atoms with Crippen LogP contribution < -0.4 is 15.0 Å². The van der Waals surface area contributed by atoms with Crippen molar-refractivity contribution in [3.63, 3.8) is 0 Å². The number of aromatic carboxylic acids is 1. The molecule has 4 aromatic rings. The Morgan fingerprint density at radius 3 is 2.57 bits per heavy atom. The first-order chi connectivity index (χ1) is 17.1. The summed E-state index contributed by atoms with van der Waals surface area (Å²) in [5, 5.41) is 12.3. The van der Waals surface area contributed by atoms with Crippen LogP contribution >= 0.6 is 0 Å². The van der Waals surface area contributed by atoms with E-state index >= 15 is 0 Å². The standard InChI is InChI=1S/C28H24N2O5/c31-27(29-17-22-4-3-14-34-22)21-11-12-25-26(16-21)35-15-13-30(25)18-19-7-9-20(10-8-19)23-5-1-2-6-24(23)28(32)33/h1-12,14,16H,13,15,17-18H2,(H,29,31)(H,32,33). The highest BCUT2D eigenvalue weighted by atomic mass is 16.5. The summed E-state index contributed by atoms with van der Waals surface area (Å²) >= 11 is 0. The molecule has 0 fully saturated rings. The summed E-state index contributed by atoms with van der Waals surface area (Å²) in [6.45, 7) is 2.24. The van der Waals surface area contributed by atoms with E-state index in [-0.39, 0.29) is 11.5 Å². The molecule has 1 aliphatic rings. The van der Waals surface area contributed by atoms with Gasteiger partial charge in [-0.15, -0.1) is 0 Å². The summed E-state index contributed by atoms with van der Waals surface area (Å²) in [7, 11) is 0. The van der Waals surface area contributed by atoms with Crippen molar-refractivity contribution in [1.82, 2.24) is 5.32 Å². The molecule has 1 aromatic heterocycles. The fourth-order valence-electron chi connectivity index (χ4n) is 4.20. The molecule has 35 heavy (non-hydrogen) atoms. The molecule has 5 rings (SSSR count). The average Bonchev–Trinajstić information content (AvgIpc) is 3.41. The molecule has 0 atom stereocenters. The van der Waals surface area contributed by atoms with Gasteiger partial charge in [0.25, 0.3) is 5.91 Å².